The van der Waals surface area contributed by atoms with E-state index in [9.17, 15) is 4.39 Å². The largest absolute Gasteiger partial charge is 0.479 e. The van der Waals surface area contributed by atoms with Crippen LogP contribution in [0.5, 0.6) is 5.88 Å². The third kappa shape index (κ3) is 2.87. The van der Waals surface area contributed by atoms with Gasteiger partial charge in [-0.15, -0.1) is 0 Å². The van der Waals surface area contributed by atoms with Crippen LogP contribution in [0.3, 0.4) is 0 Å². The molecule has 0 saturated carbocycles. The predicted molar refractivity (Wildman–Crippen MR) is 67.2 cm³/mol. The molecule has 2 rings (SSSR count). The minimum absolute atomic E-state index is 0.000878. The first-order valence-electron chi connectivity index (χ1n) is 6.26. The van der Waals surface area contributed by atoms with Crippen LogP contribution in [0.25, 0.3) is 0 Å². The lowest BCUT2D eigenvalue weighted by molar-refractivity contribution is 0.362. The fourth-order valence-corrected chi connectivity index (χ4v) is 2.36. The Morgan fingerprint density at radius 3 is 3.17 bits per heavy atom. The summed E-state index contributed by atoms with van der Waals surface area (Å²) in [5.74, 6) is 0.580. The summed E-state index contributed by atoms with van der Waals surface area (Å²) >= 11 is 0. The van der Waals surface area contributed by atoms with Crippen molar-refractivity contribution in [1.82, 2.24) is 9.97 Å². The third-order valence-corrected chi connectivity index (χ3v) is 3.27. The third-order valence-electron chi connectivity index (χ3n) is 3.27. The van der Waals surface area contributed by atoms with Gasteiger partial charge in [-0.05, 0) is 31.7 Å². The lowest BCUT2D eigenvalue weighted by Crippen LogP contribution is -2.37. The number of ether oxygens (including phenoxy) is 1. The van der Waals surface area contributed by atoms with Gasteiger partial charge in [-0.2, -0.15) is 9.37 Å². The van der Waals surface area contributed by atoms with Gasteiger partial charge in [0.1, 0.15) is 0 Å². The summed E-state index contributed by atoms with van der Waals surface area (Å²) < 4.78 is 18.1. The van der Waals surface area contributed by atoms with Crippen LogP contribution in [0.15, 0.2) is 6.20 Å². The Hall–Kier alpha value is -1.43. The van der Waals surface area contributed by atoms with Crippen LogP contribution in [0.2, 0.25) is 0 Å². The van der Waals surface area contributed by atoms with Crippen LogP contribution in [-0.4, -0.2) is 36.7 Å². The molecule has 5 nitrogen and oxygen atoms in total. The highest BCUT2D eigenvalue weighted by Crippen LogP contribution is 2.24. The van der Waals surface area contributed by atoms with Crippen LogP contribution in [-0.2, 0) is 0 Å². The smallest absolute Gasteiger partial charge is 0.255 e. The number of hydrogen-bond donors (Lipinski definition) is 1. The van der Waals surface area contributed by atoms with Crippen LogP contribution in [0.1, 0.15) is 19.3 Å². The molecule has 1 aromatic rings. The minimum Gasteiger partial charge on any atom is -0.479 e. The normalized spacial score (nSPS) is 19.9. The van der Waals surface area contributed by atoms with Gasteiger partial charge in [0, 0.05) is 13.1 Å². The van der Waals surface area contributed by atoms with Gasteiger partial charge in [-0.3, -0.25) is 0 Å². The number of halogens is 1. The van der Waals surface area contributed by atoms with Crippen molar-refractivity contribution >= 4 is 5.95 Å². The standard InChI is InChI=1S/C12H19FN4O/c1-18-11-10(13)7-15-12(16-11)17-6-2-3-9(8-17)4-5-14/h7,9H,2-6,8,14H2,1H3/t9-/m0/s1. The average molecular weight is 254 g/mol. The molecule has 2 N–H and O–H groups in total. The first-order valence-corrected chi connectivity index (χ1v) is 6.26. The van der Waals surface area contributed by atoms with E-state index < -0.39 is 5.82 Å². The molecule has 0 spiro atoms. The summed E-state index contributed by atoms with van der Waals surface area (Å²) in [5, 5.41) is 0. The van der Waals surface area contributed by atoms with Crippen LogP contribution < -0.4 is 15.4 Å². The summed E-state index contributed by atoms with van der Waals surface area (Å²) in [6.07, 6.45) is 4.45. The van der Waals surface area contributed by atoms with Gasteiger partial charge in [0.2, 0.25) is 11.8 Å². The highest BCUT2D eigenvalue weighted by Gasteiger charge is 2.22. The molecule has 18 heavy (non-hydrogen) atoms. The van der Waals surface area contributed by atoms with E-state index in [1.54, 1.807) is 0 Å². The molecule has 6 heteroatoms. The summed E-state index contributed by atoms with van der Waals surface area (Å²) in [4.78, 5) is 10.2. The average Bonchev–Trinajstić information content (AvgIpc) is 2.40. The van der Waals surface area contributed by atoms with Gasteiger partial charge in [0.15, 0.2) is 0 Å². The Kier molecular flexibility index (Phi) is 4.30. The second kappa shape index (κ2) is 5.95. The molecule has 100 valence electrons. The van der Waals surface area contributed by atoms with Crippen molar-refractivity contribution in [3.63, 3.8) is 0 Å². The van der Waals surface area contributed by atoms with Crippen molar-refractivity contribution in [1.29, 1.82) is 0 Å². The summed E-state index contributed by atoms with van der Waals surface area (Å²) in [6, 6.07) is 0. The van der Waals surface area contributed by atoms with Crippen molar-refractivity contribution in [2.75, 3.05) is 31.6 Å². The topological polar surface area (TPSA) is 64.3 Å². The Morgan fingerprint density at radius 1 is 1.61 bits per heavy atom. The van der Waals surface area contributed by atoms with Crippen LogP contribution in [0.4, 0.5) is 10.3 Å². The molecule has 1 fully saturated rings. The second-order valence-corrected chi connectivity index (χ2v) is 4.56. The number of rotatable bonds is 4. The quantitative estimate of drug-likeness (QED) is 0.874. The molecule has 2 heterocycles. The first-order chi connectivity index (χ1) is 8.74. The molecule has 1 saturated heterocycles. The van der Waals surface area contributed by atoms with E-state index in [1.807, 2.05) is 0 Å². The van der Waals surface area contributed by atoms with E-state index in [0.717, 1.165) is 32.1 Å². The summed E-state index contributed by atoms with van der Waals surface area (Å²) in [6.45, 7) is 2.48. The first kappa shape index (κ1) is 13.0. The molecule has 1 aromatic heterocycles. The van der Waals surface area contributed by atoms with Crippen LogP contribution in [0, 0.1) is 11.7 Å². The number of nitrogens with zero attached hydrogens (tertiary/aromatic N) is 3. The minimum atomic E-state index is -0.531. The van der Waals surface area contributed by atoms with Crippen molar-refractivity contribution in [3.8, 4) is 5.88 Å². The van der Waals surface area contributed by atoms with Gasteiger partial charge >= 0.3 is 0 Å². The summed E-state index contributed by atoms with van der Waals surface area (Å²) in [7, 11) is 1.41. The molecular weight excluding hydrogens is 235 g/mol. The molecule has 0 aromatic carbocycles. The number of anilines is 1. The van der Waals surface area contributed by atoms with Crippen molar-refractivity contribution in [2.45, 2.75) is 19.3 Å². The maximum atomic E-state index is 13.2. The zero-order valence-corrected chi connectivity index (χ0v) is 10.6. The van der Waals surface area contributed by atoms with Gasteiger partial charge in [0.25, 0.3) is 5.88 Å². The molecule has 0 radical (unpaired) electrons. The second-order valence-electron chi connectivity index (χ2n) is 4.56. The molecule has 0 bridgehead atoms. The van der Waals surface area contributed by atoms with E-state index in [1.165, 1.54) is 13.5 Å². The maximum absolute atomic E-state index is 13.2. The summed E-state index contributed by atoms with van der Waals surface area (Å²) in [5.41, 5.74) is 5.59. The molecule has 1 aliphatic heterocycles. The van der Waals surface area contributed by atoms with Gasteiger partial charge in [-0.25, -0.2) is 4.98 Å². The van der Waals surface area contributed by atoms with E-state index in [4.69, 9.17) is 10.5 Å². The Balaban J connectivity index is 2.10. The highest BCUT2D eigenvalue weighted by molar-refractivity contribution is 5.33. The number of piperidine rings is 1. The molecule has 0 amide bonds. The lowest BCUT2D eigenvalue weighted by atomic mass is 9.95. The number of hydrogen-bond acceptors (Lipinski definition) is 5. The predicted octanol–water partition coefficient (Wildman–Crippen LogP) is 1.19. The zero-order valence-electron chi connectivity index (χ0n) is 10.6. The Bertz CT molecular complexity index is 400. The monoisotopic (exact) mass is 254 g/mol. The number of methoxy groups -OCH3 is 1. The Labute approximate surface area is 106 Å². The molecule has 1 atom stereocenters. The van der Waals surface area contributed by atoms with E-state index in [0.29, 0.717) is 18.4 Å². The van der Waals surface area contributed by atoms with Crippen molar-refractivity contribution in [2.24, 2.45) is 11.7 Å². The highest BCUT2D eigenvalue weighted by atomic mass is 19.1. The molecule has 0 unspecified atom stereocenters. The van der Waals surface area contributed by atoms with E-state index >= 15 is 0 Å². The molecule has 1 aliphatic rings. The van der Waals surface area contributed by atoms with E-state index in [-0.39, 0.29) is 5.88 Å². The van der Waals surface area contributed by atoms with Gasteiger partial charge in [-0.1, -0.05) is 0 Å². The number of nitrogens with two attached hydrogens (primary N) is 1. The fraction of sp³-hybridized carbons (Fsp3) is 0.667. The van der Waals surface area contributed by atoms with Gasteiger partial charge < -0.3 is 15.4 Å². The fourth-order valence-electron chi connectivity index (χ4n) is 2.36. The molecular formula is C12H19FN4O. The van der Waals surface area contributed by atoms with E-state index in [2.05, 4.69) is 14.9 Å². The zero-order chi connectivity index (χ0) is 13.0. The Morgan fingerprint density at radius 2 is 2.44 bits per heavy atom. The molecule has 0 aliphatic carbocycles. The lowest BCUT2D eigenvalue weighted by Gasteiger charge is -2.32. The van der Waals surface area contributed by atoms with Crippen LogP contribution >= 0.6 is 0 Å². The SMILES string of the molecule is COc1nc(N2CCC[C@@H](CCN)C2)ncc1F. The van der Waals surface area contributed by atoms with Crippen molar-refractivity contribution in [3.05, 3.63) is 12.0 Å². The van der Waals surface area contributed by atoms with Crippen molar-refractivity contribution < 1.29 is 9.13 Å². The maximum Gasteiger partial charge on any atom is 0.255 e. The number of aromatic nitrogens is 2. The van der Waals surface area contributed by atoms with Gasteiger partial charge in [0.05, 0.1) is 13.3 Å².